The number of nitrogens with one attached hydrogen (secondary N) is 2. The zero-order valence-corrected chi connectivity index (χ0v) is 17.5. The van der Waals surface area contributed by atoms with Crippen LogP contribution in [0.4, 0.5) is 15.8 Å². The van der Waals surface area contributed by atoms with Crippen molar-refractivity contribution in [3.05, 3.63) is 87.1 Å². The van der Waals surface area contributed by atoms with Crippen molar-refractivity contribution in [1.29, 1.82) is 0 Å². The predicted molar refractivity (Wildman–Crippen MR) is 113 cm³/mol. The monoisotopic (exact) mass is 472 g/mol. The van der Waals surface area contributed by atoms with E-state index < -0.39 is 21.7 Å². The molecule has 0 bridgehead atoms. The van der Waals surface area contributed by atoms with E-state index in [1.54, 1.807) is 12.1 Å². The summed E-state index contributed by atoms with van der Waals surface area (Å²) in [5, 5.41) is 2.99. The van der Waals surface area contributed by atoms with Crippen molar-refractivity contribution in [2.75, 3.05) is 10.0 Å². The summed E-state index contributed by atoms with van der Waals surface area (Å²) in [7, 11) is -4.10. The van der Waals surface area contributed by atoms with Crippen molar-refractivity contribution in [2.45, 2.75) is 4.90 Å². The Morgan fingerprint density at radius 3 is 2.24 bits per heavy atom. The van der Waals surface area contributed by atoms with Gasteiger partial charge >= 0.3 is 0 Å². The predicted octanol–water partition coefficient (Wildman–Crippen LogP) is 5.84. The number of rotatable bonds is 5. The van der Waals surface area contributed by atoms with Crippen molar-refractivity contribution in [3.8, 4) is 0 Å². The van der Waals surface area contributed by atoms with Gasteiger partial charge in [-0.3, -0.25) is 9.52 Å². The summed E-state index contributed by atoms with van der Waals surface area (Å²) in [6.45, 7) is 0. The first kappa shape index (κ1) is 21.4. The SMILES string of the molecule is O=C(Nc1ccc(S(=O)(=O)Nc2ccc(Cl)c(Cl)c2)cc1F)c1ccccc1Cl. The van der Waals surface area contributed by atoms with Gasteiger partial charge in [0.1, 0.15) is 5.82 Å². The van der Waals surface area contributed by atoms with Gasteiger partial charge in [0.2, 0.25) is 0 Å². The van der Waals surface area contributed by atoms with E-state index in [2.05, 4.69) is 10.0 Å². The Hall–Kier alpha value is -2.32. The lowest BCUT2D eigenvalue weighted by molar-refractivity contribution is 0.102. The summed E-state index contributed by atoms with van der Waals surface area (Å²) in [5.74, 6) is -1.55. The fourth-order valence-electron chi connectivity index (χ4n) is 2.37. The average Bonchev–Trinajstić information content (AvgIpc) is 2.66. The number of halogens is 4. The third-order valence-corrected chi connectivity index (χ3v) is 6.24. The Labute approximate surface area is 181 Å². The van der Waals surface area contributed by atoms with Crippen LogP contribution in [0.15, 0.2) is 65.6 Å². The van der Waals surface area contributed by atoms with Crippen molar-refractivity contribution >= 4 is 62.1 Å². The number of carbonyl (C=O) groups excluding carboxylic acids is 1. The lowest BCUT2D eigenvalue weighted by atomic mass is 10.2. The van der Waals surface area contributed by atoms with Crippen LogP contribution in [-0.4, -0.2) is 14.3 Å². The standard InChI is InChI=1S/C19H12Cl3FN2O3S/c20-14-4-2-1-3-13(14)19(26)24-18-8-6-12(10-17(18)23)29(27,28)25-11-5-7-15(21)16(22)9-11/h1-10,25H,(H,24,26). The number of benzene rings is 3. The molecule has 5 nitrogen and oxygen atoms in total. The van der Waals surface area contributed by atoms with Gasteiger partial charge in [0.25, 0.3) is 15.9 Å². The second kappa shape index (κ2) is 8.59. The van der Waals surface area contributed by atoms with E-state index in [1.165, 1.54) is 30.3 Å². The van der Waals surface area contributed by atoms with Crippen molar-refractivity contribution in [1.82, 2.24) is 0 Å². The summed E-state index contributed by atoms with van der Waals surface area (Å²) in [6.07, 6.45) is 0. The van der Waals surface area contributed by atoms with Crippen LogP contribution in [0.25, 0.3) is 0 Å². The zero-order valence-electron chi connectivity index (χ0n) is 14.4. The first-order valence-electron chi connectivity index (χ1n) is 8.01. The molecule has 0 aromatic heterocycles. The molecule has 3 aromatic rings. The number of hydrogen-bond acceptors (Lipinski definition) is 3. The van der Waals surface area contributed by atoms with E-state index in [0.29, 0.717) is 0 Å². The molecule has 2 N–H and O–H groups in total. The molecule has 0 atom stereocenters. The average molecular weight is 474 g/mol. The van der Waals surface area contributed by atoms with Crippen LogP contribution in [0.5, 0.6) is 0 Å². The summed E-state index contributed by atoms with van der Waals surface area (Å²) in [5.41, 5.74) is 0.130. The van der Waals surface area contributed by atoms with Gasteiger partial charge in [-0.25, -0.2) is 12.8 Å². The molecular weight excluding hydrogens is 462 g/mol. The minimum absolute atomic E-state index is 0.159. The van der Waals surface area contributed by atoms with Crippen molar-refractivity contribution in [3.63, 3.8) is 0 Å². The van der Waals surface area contributed by atoms with Gasteiger partial charge in [-0.2, -0.15) is 0 Å². The van der Waals surface area contributed by atoms with E-state index in [0.717, 1.165) is 18.2 Å². The summed E-state index contributed by atoms with van der Waals surface area (Å²) in [4.78, 5) is 11.9. The van der Waals surface area contributed by atoms with E-state index in [1.807, 2.05) is 0 Å². The van der Waals surface area contributed by atoms with Gasteiger partial charge in [0.15, 0.2) is 0 Å². The maximum absolute atomic E-state index is 14.4. The molecule has 0 saturated carbocycles. The smallest absolute Gasteiger partial charge is 0.261 e. The number of carbonyl (C=O) groups is 1. The molecule has 0 aliphatic carbocycles. The van der Waals surface area contributed by atoms with Crippen molar-refractivity contribution in [2.24, 2.45) is 0 Å². The number of sulfonamides is 1. The second-order valence-electron chi connectivity index (χ2n) is 5.81. The van der Waals surface area contributed by atoms with Gasteiger partial charge in [-0.1, -0.05) is 46.9 Å². The Bertz CT molecular complexity index is 1200. The fourth-order valence-corrected chi connectivity index (χ4v) is 3.95. The van der Waals surface area contributed by atoms with E-state index >= 15 is 0 Å². The highest BCUT2D eigenvalue weighted by molar-refractivity contribution is 7.92. The van der Waals surface area contributed by atoms with Crippen LogP contribution in [0, 0.1) is 5.82 Å². The lowest BCUT2D eigenvalue weighted by Gasteiger charge is -2.11. The van der Waals surface area contributed by atoms with E-state index in [9.17, 15) is 17.6 Å². The first-order valence-corrected chi connectivity index (χ1v) is 10.6. The van der Waals surface area contributed by atoms with Gasteiger partial charge in [-0.15, -0.1) is 0 Å². The molecule has 150 valence electrons. The number of hydrogen-bond donors (Lipinski definition) is 2. The third-order valence-electron chi connectivity index (χ3n) is 3.79. The molecule has 0 aliphatic heterocycles. The Morgan fingerprint density at radius 2 is 1.59 bits per heavy atom. The third kappa shape index (κ3) is 5.00. The Kier molecular flexibility index (Phi) is 6.33. The van der Waals surface area contributed by atoms with Gasteiger partial charge in [0, 0.05) is 0 Å². The van der Waals surface area contributed by atoms with Gasteiger partial charge in [-0.05, 0) is 48.5 Å². The molecule has 0 fully saturated rings. The molecule has 3 rings (SSSR count). The number of amides is 1. The highest BCUT2D eigenvalue weighted by Crippen LogP contribution is 2.27. The molecule has 0 aliphatic rings. The minimum Gasteiger partial charge on any atom is -0.319 e. The molecule has 1 amide bonds. The van der Waals surface area contributed by atoms with E-state index in [-0.39, 0.29) is 36.9 Å². The molecule has 0 saturated heterocycles. The van der Waals surface area contributed by atoms with Crippen LogP contribution in [0.2, 0.25) is 15.1 Å². The van der Waals surface area contributed by atoms with Crippen LogP contribution < -0.4 is 10.0 Å². The fraction of sp³-hybridized carbons (Fsp3) is 0. The maximum atomic E-state index is 14.4. The molecule has 0 radical (unpaired) electrons. The van der Waals surface area contributed by atoms with Crippen LogP contribution in [0.3, 0.4) is 0 Å². The molecule has 0 unspecified atom stereocenters. The van der Waals surface area contributed by atoms with Crippen LogP contribution >= 0.6 is 34.8 Å². The summed E-state index contributed by atoms with van der Waals surface area (Å²) < 4.78 is 41.7. The van der Waals surface area contributed by atoms with Crippen molar-refractivity contribution < 1.29 is 17.6 Å². The quantitative estimate of drug-likeness (QED) is 0.489. The van der Waals surface area contributed by atoms with Gasteiger partial charge in [0.05, 0.1) is 36.9 Å². The largest absolute Gasteiger partial charge is 0.319 e. The topological polar surface area (TPSA) is 75.3 Å². The highest BCUT2D eigenvalue weighted by Gasteiger charge is 2.19. The summed E-state index contributed by atoms with van der Waals surface area (Å²) >= 11 is 17.6. The number of anilines is 2. The normalized spacial score (nSPS) is 11.2. The lowest BCUT2D eigenvalue weighted by Crippen LogP contribution is -2.15. The molecule has 0 heterocycles. The molecular formula is C19H12Cl3FN2O3S. The van der Waals surface area contributed by atoms with Crippen LogP contribution in [-0.2, 0) is 10.0 Å². The van der Waals surface area contributed by atoms with Gasteiger partial charge < -0.3 is 5.32 Å². The van der Waals surface area contributed by atoms with E-state index in [4.69, 9.17) is 34.8 Å². The summed E-state index contributed by atoms with van der Waals surface area (Å²) in [6, 6.07) is 13.5. The molecule has 3 aromatic carbocycles. The molecule has 0 spiro atoms. The Balaban J connectivity index is 1.82. The first-order chi connectivity index (χ1) is 13.7. The molecule has 29 heavy (non-hydrogen) atoms. The maximum Gasteiger partial charge on any atom is 0.261 e. The Morgan fingerprint density at radius 1 is 0.862 bits per heavy atom. The minimum atomic E-state index is -4.10. The second-order valence-corrected chi connectivity index (χ2v) is 8.71. The highest BCUT2D eigenvalue weighted by atomic mass is 35.5. The van der Waals surface area contributed by atoms with Crippen LogP contribution in [0.1, 0.15) is 10.4 Å². The molecule has 10 heteroatoms. The zero-order chi connectivity index (χ0) is 21.2.